The number of aromatic nitrogens is 2. The molecule has 1 aliphatic rings. The highest BCUT2D eigenvalue weighted by Crippen LogP contribution is 2.35. The Hall–Kier alpha value is -3.44. The molecule has 0 aliphatic carbocycles. The average Bonchev–Trinajstić information content (AvgIpc) is 2.93. The van der Waals surface area contributed by atoms with E-state index in [2.05, 4.69) is 21.2 Å². The summed E-state index contributed by atoms with van der Waals surface area (Å²) in [7, 11) is 1.97. The summed E-state index contributed by atoms with van der Waals surface area (Å²) in [6, 6.07) is 17.9. The van der Waals surface area contributed by atoms with Crippen LogP contribution in [0.1, 0.15) is 16.7 Å². The molecule has 0 spiro atoms. The van der Waals surface area contributed by atoms with E-state index in [0.29, 0.717) is 29.9 Å². The van der Waals surface area contributed by atoms with Gasteiger partial charge in [-0.1, -0.05) is 30.3 Å². The summed E-state index contributed by atoms with van der Waals surface area (Å²) in [5.74, 6) is -0.523. The summed E-state index contributed by atoms with van der Waals surface area (Å²) in [6.07, 6.45) is 3.70. The van der Waals surface area contributed by atoms with E-state index in [1.807, 2.05) is 31.3 Å². The molecule has 2 heterocycles. The summed E-state index contributed by atoms with van der Waals surface area (Å²) < 4.78 is 29.2. The van der Waals surface area contributed by atoms with E-state index < -0.39 is 0 Å². The molecule has 0 fully saturated rings. The van der Waals surface area contributed by atoms with E-state index in [0.717, 1.165) is 27.5 Å². The van der Waals surface area contributed by atoms with Gasteiger partial charge in [-0.3, -0.25) is 4.90 Å². The lowest BCUT2D eigenvalue weighted by Crippen LogP contribution is -2.17. The van der Waals surface area contributed by atoms with Crippen LogP contribution in [0.5, 0.6) is 0 Å². The Balaban J connectivity index is 1.67. The van der Waals surface area contributed by atoms with Gasteiger partial charge in [-0.15, -0.1) is 0 Å². The molecule has 0 saturated heterocycles. The molecule has 4 aromatic rings. The Morgan fingerprint density at radius 3 is 2.53 bits per heavy atom. The molecule has 0 saturated carbocycles. The van der Waals surface area contributed by atoms with Gasteiger partial charge in [-0.2, -0.15) is 10.2 Å². The molecule has 5 rings (SSSR count). The highest BCUT2D eigenvalue weighted by atomic mass is 19.1. The van der Waals surface area contributed by atoms with Crippen LogP contribution in [-0.4, -0.2) is 28.7 Å². The second kappa shape index (κ2) is 7.43. The normalized spacial score (nSPS) is 14.3. The van der Waals surface area contributed by atoms with E-state index in [1.54, 1.807) is 30.5 Å². The van der Waals surface area contributed by atoms with Crippen LogP contribution in [0.25, 0.3) is 27.6 Å². The number of halogens is 2. The molecule has 0 amide bonds. The summed E-state index contributed by atoms with van der Waals surface area (Å²) in [6.45, 7) is 1.19. The van der Waals surface area contributed by atoms with Crippen LogP contribution in [0, 0.1) is 11.6 Å². The molecular formula is C25H19F2N3. The second-order valence-corrected chi connectivity index (χ2v) is 7.58. The SMILES string of the molecule is CN1CC=C(c2ccc3cc(F)ccc3c2)c2ccc(-c3cccnn3)c(F)c2C1. The van der Waals surface area contributed by atoms with Crippen LogP contribution in [-0.2, 0) is 6.54 Å². The molecule has 30 heavy (non-hydrogen) atoms. The average molecular weight is 399 g/mol. The van der Waals surface area contributed by atoms with Gasteiger partial charge in [0.1, 0.15) is 11.6 Å². The fourth-order valence-corrected chi connectivity index (χ4v) is 4.02. The van der Waals surface area contributed by atoms with E-state index in [4.69, 9.17) is 0 Å². The van der Waals surface area contributed by atoms with Crippen molar-refractivity contribution in [3.8, 4) is 11.3 Å². The monoisotopic (exact) mass is 399 g/mol. The van der Waals surface area contributed by atoms with Crippen LogP contribution < -0.4 is 0 Å². The van der Waals surface area contributed by atoms with Gasteiger partial charge in [0.05, 0.1) is 5.69 Å². The first kappa shape index (κ1) is 18.6. The Kier molecular flexibility index (Phi) is 4.60. The van der Waals surface area contributed by atoms with Crippen molar-refractivity contribution < 1.29 is 8.78 Å². The smallest absolute Gasteiger partial charge is 0.137 e. The largest absolute Gasteiger partial charge is 0.298 e. The fourth-order valence-electron chi connectivity index (χ4n) is 4.02. The highest BCUT2D eigenvalue weighted by molar-refractivity contribution is 5.90. The maximum absolute atomic E-state index is 15.6. The Labute approximate surface area is 173 Å². The van der Waals surface area contributed by atoms with Gasteiger partial charge in [-0.05, 0) is 70.9 Å². The molecule has 0 radical (unpaired) electrons. The highest BCUT2D eigenvalue weighted by Gasteiger charge is 2.22. The van der Waals surface area contributed by atoms with E-state index in [1.165, 1.54) is 12.1 Å². The number of rotatable bonds is 2. The van der Waals surface area contributed by atoms with Crippen molar-refractivity contribution in [1.82, 2.24) is 15.1 Å². The van der Waals surface area contributed by atoms with Crippen molar-refractivity contribution in [2.75, 3.05) is 13.6 Å². The first-order chi connectivity index (χ1) is 14.6. The number of hydrogen-bond donors (Lipinski definition) is 0. The van der Waals surface area contributed by atoms with Gasteiger partial charge in [0.15, 0.2) is 0 Å². The third-order valence-corrected chi connectivity index (χ3v) is 5.53. The molecule has 0 atom stereocenters. The lowest BCUT2D eigenvalue weighted by atomic mass is 9.90. The molecule has 0 N–H and O–H groups in total. The summed E-state index contributed by atoms with van der Waals surface area (Å²) in [5.41, 5.74) is 4.44. The topological polar surface area (TPSA) is 29.0 Å². The second-order valence-electron chi connectivity index (χ2n) is 7.58. The third-order valence-electron chi connectivity index (χ3n) is 5.53. The van der Waals surface area contributed by atoms with Gasteiger partial charge < -0.3 is 0 Å². The molecule has 1 aromatic heterocycles. The van der Waals surface area contributed by atoms with E-state index in [-0.39, 0.29) is 11.6 Å². The van der Waals surface area contributed by atoms with Gasteiger partial charge >= 0.3 is 0 Å². The van der Waals surface area contributed by atoms with Gasteiger partial charge in [0.25, 0.3) is 0 Å². The van der Waals surface area contributed by atoms with Crippen LogP contribution in [0.2, 0.25) is 0 Å². The first-order valence-corrected chi connectivity index (χ1v) is 9.78. The van der Waals surface area contributed by atoms with Gasteiger partial charge in [0.2, 0.25) is 0 Å². The quantitative estimate of drug-likeness (QED) is 0.449. The number of nitrogens with zero attached hydrogens (tertiary/aromatic N) is 3. The molecular weight excluding hydrogens is 380 g/mol. The summed E-state index contributed by atoms with van der Waals surface area (Å²) in [4.78, 5) is 2.08. The molecule has 5 heteroatoms. The third kappa shape index (κ3) is 3.27. The van der Waals surface area contributed by atoms with Crippen LogP contribution in [0.3, 0.4) is 0 Å². The zero-order valence-corrected chi connectivity index (χ0v) is 16.4. The van der Waals surface area contributed by atoms with Crippen molar-refractivity contribution in [1.29, 1.82) is 0 Å². The number of fused-ring (bicyclic) bond motifs is 2. The molecule has 3 nitrogen and oxygen atoms in total. The van der Waals surface area contributed by atoms with E-state index in [9.17, 15) is 4.39 Å². The lowest BCUT2D eigenvalue weighted by Gasteiger charge is -2.17. The van der Waals surface area contributed by atoms with Crippen LogP contribution in [0.4, 0.5) is 8.78 Å². The van der Waals surface area contributed by atoms with Crippen molar-refractivity contribution in [3.05, 3.63) is 101 Å². The van der Waals surface area contributed by atoms with Crippen molar-refractivity contribution in [3.63, 3.8) is 0 Å². The molecule has 0 unspecified atom stereocenters. The predicted molar refractivity (Wildman–Crippen MR) is 115 cm³/mol. The van der Waals surface area contributed by atoms with Gasteiger partial charge in [0, 0.05) is 30.4 Å². The van der Waals surface area contributed by atoms with E-state index >= 15 is 4.39 Å². The van der Waals surface area contributed by atoms with Crippen molar-refractivity contribution in [2.24, 2.45) is 0 Å². The number of likely N-dealkylation sites (N-methyl/N-ethyl adjacent to an activating group) is 1. The zero-order chi connectivity index (χ0) is 20.7. The maximum Gasteiger partial charge on any atom is 0.137 e. The molecule has 148 valence electrons. The lowest BCUT2D eigenvalue weighted by molar-refractivity contribution is 0.358. The Morgan fingerprint density at radius 1 is 0.900 bits per heavy atom. The Bertz CT molecular complexity index is 1280. The standard InChI is InChI=1S/C25H19F2N3/c1-30-12-10-20(18-5-4-17-14-19(26)7-6-16(17)13-18)21-8-9-22(25(27)23(21)15-30)24-3-2-11-28-29-24/h2-11,13-14H,12,15H2,1H3. The zero-order valence-electron chi connectivity index (χ0n) is 16.4. The van der Waals surface area contributed by atoms with Crippen LogP contribution >= 0.6 is 0 Å². The molecule has 3 aromatic carbocycles. The fraction of sp³-hybridized carbons (Fsp3) is 0.120. The Morgan fingerprint density at radius 2 is 1.70 bits per heavy atom. The summed E-state index contributed by atoms with van der Waals surface area (Å²) in [5, 5.41) is 9.74. The first-order valence-electron chi connectivity index (χ1n) is 9.78. The predicted octanol–water partition coefficient (Wildman–Crippen LogP) is 5.45. The minimum atomic E-state index is -0.268. The minimum Gasteiger partial charge on any atom is -0.298 e. The van der Waals surface area contributed by atoms with Crippen molar-refractivity contribution in [2.45, 2.75) is 6.54 Å². The van der Waals surface area contributed by atoms with Gasteiger partial charge in [-0.25, -0.2) is 8.78 Å². The maximum atomic E-state index is 15.6. The molecule has 1 aliphatic heterocycles. The van der Waals surface area contributed by atoms with Crippen LogP contribution in [0.15, 0.2) is 72.9 Å². The minimum absolute atomic E-state index is 0.255. The number of benzene rings is 3. The summed E-state index contributed by atoms with van der Waals surface area (Å²) >= 11 is 0. The number of hydrogen-bond acceptors (Lipinski definition) is 3. The van der Waals surface area contributed by atoms with Crippen molar-refractivity contribution >= 4 is 16.3 Å². The molecule has 0 bridgehead atoms.